The first-order valence-electron chi connectivity index (χ1n) is 19.2. The molecule has 1 fully saturated rings. The zero-order chi connectivity index (χ0) is 34.9. The number of benzene rings is 7. The summed E-state index contributed by atoms with van der Waals surface area (Å²) in [5.74, 6) is 0. The maximum atomic E-state index is 2.54. The Morgan fingerprint density at radius 3 is 1.36 bits per heavy atom. The normalized spacial score (nSPS) is 15.8. The van der Waals surface area contributed by atoms with Gasteiger partial charge in [-0.05, 0) is 117 Å². The molecule has 0 unspecified atom stereocenters. The van der Waals surface area contributed by atoms with Crippen LogP contribution in [-0.2, 0) is 18.3 Å². The van der Waals surface area contributed by atoms with Crippen molar-refractivity contribution < 1.29 is 0 Å². The van der Waals surface area contributed by atoms with Crippen LogP contribution in [0.1, 0.15) is 70.2 Å². The first-order valence-corrected chi connectivity index (χ1v) is 19.2. The predicted octanol–water partition coefficient (Wildman–Crippen LogP) is 13.4. The van der Waals surface area contributed by atoms with Crippen LogP contribution in [0.2, 0.25) is 0 Å². The number of anilines is 6. The van der Waals surface area contributed by atoms with Gasteiger partial charge in [-0.1, -0.05) is 134 Å². The van der Waals surface area contributed by atoms with Crippen molar-refractivity contribution in [3.05, 3.63) is 202 Å². The molecule has 0 radical (unpaired) electrons. The summed E-state index contributed by atoms with van der Waals surface area (Å²) in [7, 11) is 0. The van der Waals surface area contributed by atoms with Crippen LogP contribution in [0.25, 0.3) is 23.3 Å². The van der Waals surface area contributed by atoms with Crippen molar-refractivity contribution in [1.29, 1.82) is 0 Å². The topological polar surface area (TPSA) is 6.48 Å². The summed E-state index contributed by atoms with van der Waals surface area (Å²) >= 11 is 0. The van der Waals surface area contributed by atoms with Crippen LogP contribution in [0.5, 0.6) is 0 Å². The third-order valence-corrected chi connectivity index (χ3v) is 12.4. The fraction of sp³-hybridized carbons (Fsp3) is 0.137. The third-order valence-electron chi connectivity index (χ3n) is 12.4. The van der Waals surface area contributed by atoms with E-state index in [4.69, 9.17) is 0 Å². The molecule has 7 aromatic carbocycles. The van der Waals surface area contributed by atoms with Crippen LogP contribution in [-0.4, -0.2) is 0 Å². The number of para-hydroxylation sites is 4. The van der Waals surface area contributed by atoms with E-state index in [0.29, 0.717) is 0 Å². The predicted molar refractivity (Wildman–Crippen MR) is 221 cm³/mol. The van der Waals surface area contributed by atoms with Crippen LogP contribution >= 0.6 is 0 Å². The molecule has 0 N–H and O–H groups in total. The molecule has 0 amide bonds. The Labute approximate surface area is 312 Å². The SMILES string of the molecule is C(=C\c1ccc2c(c1)C1(CCCC1)c1cc(N3c4ccccc4Cc4ccccc43)ccc1-2)/c1ccc(N2c3ccccc3Cc3ccccc32)cc1. The molecule has 0 aromatic heterocycles. The monoisotopic (exact) mass is 680 g/mol. The van der Waals surface area contributed by atoms with Gasteiger partial charge in [-0.15, -0.1) is 0 Å². The summed E-state index contributed by atoms with van der Waals surface area (Å²) in [6.45, 7) is 0. The lowest BCUT2D eigenvalue weighted by Crippen LogP contribution is -2.22. The molecule has 254 valence electrons. The summed E-state index contributed by atoms with van der Waals surface area (Å²) in [4.78, 5) is 4.91. The van der Waals surface area contributed by atoms with Crippen molar-refractivity contribution in [3.8, 4) is 11.1 Å². The van der Waals surface area contributed by atoms with Gasteiger partial charge in [0.2, 0.25) is 0 Å². The van der Waals surface area contributed by atoms with Gasteiger partial charge in [-0.3, -0.25) is 0 Å². The van der Waals surface area contributed by atoms with Crippen molar-refractivity contribution in [2.45, 2.75) is 43.9 Å². The second-order valence-corrected chi connectivity index (χ2v) is 15.3. The quantitative estimate of drug-likeness (QED) is 0.171. The molecule has 2 heteroatoms. The molecule has 7 aromatic rings. The summed E-state index contributed by atoms with van der Waals surface area (Å²) in [5.41, 5.74) is 21.5. The van der Waals surface area contributed by atoms with Gasteiger partial charge >= 0.3 is 0 Å². The van der Waals surface area contributed by atoms with E-state index < -0.39 is 0 Å². The highest BCUT2D eigenvalue weighted by Gasteiger charge is 2.45. The summed E-state index contributed by atoms with van der Waals surface area (Å²) in [5, 5.41) is 0. The van der Waals surface area contributed by atoms with E-state index in [9.17, 15) is 0 Å². The summed E-state index contributed by atoms with van der Waals surface area (Å²) in [6, 6.07) is 59.0. The first-order chi connectivity index (χ1) is 26.2. The van der Waals surface area contributed by atoms with Crippen LogP contribution in [0.15, 0.2) is 158 Å². The van der Waals surface area contributed by atoms with Crippen LogP contribution in [0.4, 0.5) is 34.1 Å². The number of rotatable bonds is 4. The molecule has 11 rings (SSSR count). The van der Waals surface area contributed by atoms with E-state index in [2.05, 4.69) is 180 Å². The van der Waals surface area contributed by atoms with Gasteiger partial charge < -0.3 is 9.80 Å². The Balaban J connectivity index is 0.921. The fourth-order valence-electron chi connectivity index (χ4n) is 9.93. The molecule has 4 aliphatic rings. The van der Waals surface area contributed by atoms with Crippen LogP contribution in [0.3, 0.4) is 0 Å². The molecule has 1 spiro atoms. The van der Waals surface area contributed by atoms with E-state index in [0.717, 1.165) is 12.8 Å². The largest absolute Gasteiger partial charge is 0.310 e. The lowest BCUT2D eigenvalue weighted by Gasteiger charge is -2.34. The Kier molecular flexibility index (Phi) is 6.89. The summed E-state index contributed by atoms with van der Waals surface area (Å²) in [6.07, 6.45) is 11.5. The third kappa shape index (κ3) is 4.78. The molecular formula is C51H40N2. The molecule has 0 saturated heterocycles. The van der Waals surface area contributed by atoms with Gasteiger partial charge in [-0.25, -0.2) is 0 Å². The van der Waals surface area contributed by atoms with Crippen LogP contribution < -0.4 is 9.80 Å². The van der Waals surface area contributed by atoms with Gasteiger partial charge in [0.15, 0.2) is 0 Å². The molecular weight excluding hydrogens is 641 g/mol. The lowest BCUT2D eigenvalue weighted by atomic mass is 9.76. The number of hydrogen-bond acceptors (Lipinski definition) is 2. The Morgan fingerprint density at radius 1 is 0.396 bits per heavy atom. The minimum atomic E-state index is 0.0715. The molecule has 2 nitrogen and oxygen atoms in total. The summed E-state index contributed by atoms with van der Waals surface area (Å²) < 4.78 is 0. The maximum absolute atomic E-state index is 2.54. The van der Waals surface area contributed by atoms with Crippen LogP contribution in [0, 0.1) is 0 Å². The second kappa shape index (κ2) is 12.0. The molecule has 2 aliphatic heterocycles. The smallest absolute Gasteiger partial charge is 0.0497 e. The maximum Gasteiger partial charge on any atom is 0.0497 e. The van der Waals surface area contributed by atoms with Gasteiger partial charge in [0, 0.05) is 52.4 Å². The van der Waals surface area contributed by atoms with Crippen molar-refractivity contribution in [2.75, 3.05) is 9.80 Å². The number of hydrogen-bond donors (Lipinski definition) is 0. The van der Waals surface area contributed by atoms with Crippen molar-refractivity contribution >= 4 is 46.3 Å². The van der Waals surface area contributed by atoms with Crippen molar-refractivity contribution in [1.82, 2.24) is 0 Å². The van der Waals surface area contributed by atoms with Crippen molar-refractivity contribution in [2.24, 2.45) is 0 Å². The van der Waals surface area contributed by atoms with E-state index in [1.165, 1.54) is 115 Å². The molecule has 2 heterocycles. The molecule has 0 atom stereocenters. The Hall–Kier alpha value is -6.12. The highest BCUT2D eigenvalue weighted by molar-refractivity contribution is 5.89. The molecule has 0 bridgehead atoms. The fourth-order valence-corrected chi connectivity index (χ4v) is 9.93. The molecule has 53 heavy (non-hydrogen) atoms. The van der Waals surface area contributed by atoms with E-state index >= 15 is 0 Å². The zero-order valence-corrected chi connectivity index (χ0v) is 29.8. The molecule has 2 aliphatic carbocycles. The number of fused-ring (bicyclic) bond motifs is 9. The van der Waals surface area contributed by atoms with Gasteiger partial charge in [0.05, 0.1) is 0 Å². The zero-order valence-electron chi connectivity index (χ0n) is 29.8. The molecule has 1 saturated carbocycles. The standard InChI is InChI=1S/C51H40N2/c1-5-15-47-37(11-1)32-38-12-2-6-16-48(38)52(47)41-24-21-35(22-25-41)19-20-36-23-27-43-44-28-26-42(34-46(44)51(45(43)31-36)29-9-10-30-51)53-49-17-7-3-13-39(49)33-40-14-4-8-18-50(40)53/h1-8,11-28,31,34H,9-10,29-30,32-33H2/b20-19+. The van der Waals surface area contributed by atoms with Gasteiger partial charge in [-0.2, -0.15) is 0 Å². The first kappa shape index (κ1) is 30.5. The van der Waals surface area contributed by atoms with Crippen molar-refractivity contribution in [3.63, 3.8) is 0 Å². The second-order valence-electron chi connectivity index (χ2n) is 15.3. The average molecular weight is 681 g/mol. The van der Waals surface area contributed by atoms with Gasteiger partial charge in [0.25, 0.3) is 0 Å². The highest BCUT2D eigenvalue weighted by atomic mass is 15.2. The minimum absolute atomic E-state index is 0.0715. The Morgan fingerprint density at radius 2 is 0.811 bits per heavy atom. The Bertz CT molecular complexity index is 2500. The van der Waals surface area contributed by atoms with E-state index in [1.807, 2.05) is 0 Å². The average Bonchev–Trinajstić information content (AvgIpc) is 3.82. The highest BCUT2D eigenvalue weighted by Crippen LogP contribution is 2.58. The lowest BCUT2D eigenvalue weighted by molar-refractivity contribution is 0.550. The van der Waals surface area contributed by atoms with E-state index in [1.54, 1.807) is 0 Å². The van der Waals surface area contributed by atoms with E-state index in [-0.39, 0.29) is 5.41 Å². The number of nitrogens with zero attached hydrogens (tertiary/aromatic N) is 2. The minimum Gasteiger partial charge on any atom is -0.310 e. The van der Waals surface area contributed by atoms with Gasteiger partial charge in [0.1, 0.15) is 0 Å².